The van der Waals surface area contributed by atoms with Gasteiger partial charge in [0, 0.05) is 30.4 Å². The minimum atomic E-state index is 0.506. The summed E-state index contributed by atoms with van der Waals surface area (Å²) in [4.78, 5) is 10.3. The Morgan fingerprint density at radius 2 is 2.29 bits per heavy atom. The topological polar surface area (TPSA) is 64.9 Å². The van der Waals surface area contributed by atoms with Gasteiger partial charge in [-0.05, 0) is 18.9 Å². The van der Waals surface area contributed by atoms with E-state index < -0.39 is 0 Å². The summed E-state index contributed by atoms with van der Waals surface area (Å²) in [7, 11) is 3.94. The predicted molar refractivity (Wildman–Crippen MR) is 58.9 cm³/mol. The zero-order valence-electron chi connectivity index (χ0n) is 8.56. The van der Waals surface area contributed by atoms with E-state index in [2.05, 4.69) is 15.0 Å². The minimum Gasteiger partial charge on any atom is -0.354 e. The molecule has 1 aromatic heterocycles. The molecule has 0 fully saturated rings. The second-order valence-corrected chi connectivity index (χ2v) is 4.17. The fourth-order valence-electron chi connectivity index (χ4n) is 1.03. The Morgan fingerprint density at radius 1 is 1.57 bits per heavy atom. The molecule has 0 radical (unpaired) electrons. The summed E-state index contributed by atoms with van der Waals surface area (Å²) in [6, 6.07) is 0. The Morgan fingerprint density at radius 3 is 2.79 bits per heavy atom. The van der Waals surface area contributed by atoms with E-state index >= 15 is 0 Å². The Balaban J connectivity index is 2.72. The van der Waals surface area contributed by atoms with Crippen molar-refractivity contribution in [3.05, 3.63) is 21.0 Å². The molecule has 0 unspecified atom stereocenters. The molecule has 0 saturated heterocycles. The van der Waals surface area contributed by atoms with Gasteiger partial charge < -0.3 is 4.90 Å². The maximum absolute atomic E-state index is 8.14. The maximum atomic E-state index is 8.14. The normalized spacial score (nSPS) is 9.64. The second-order valence-electron chi connectivity index (χ2n) is 3.10. The molecule has 0 saturated carbocycles. The van der Waals surface area contributed by atoms with Crippen LogP contribution in [0.4, 0.5) is 5.13 Å². The van der Waals surface area contributed by atoms with Gasteiger partial charge in [-0.25, -0.2) is 4.98 Å². The molecule has 0 amide bonds. The van der Waals surface area contributed by atoms with Crippen molar-refractivity contribution in [2.75, 3.05) is 25.5 Å². The van der Waals surface area contributed by atoms with E-state index in [1.54, 1.807) is 11.3 Å². The zero-order valence-corrected chi connectivity index (χ0v) is 9.38. The fourth-order valence-corrected chi connectivity index (χ4v) is 2.00. The molecule has 1 aromatic rings. The van der Waals surface area contributed by atoms with Gasteiger partial charge in [0.15, 0.2) is 5.13 Å². The monoisotopic (exact) mass is 211 g/mol. The molecular formula is C8H13N5S. The van der Waals surface area contributed by atoms with Crippen molar-refractivity contribution in [1.82, 2.24) is 4.98 Å². The van der Waals surface area contributed by atoms with Crippen molar-refractivity contribution in [2.45, 2.75) is 13.3 Å². The van der Waals surface area contributed by atoms with Gasteiger partial charge in [-0.3, -0.25) is 0 Å². The zero-order chi connectivity index (χ0) is 10.6. The maximum Gasteiger partial charge on any atom is 0.185 e. The largest absolute Gasteiger partial charge is 0.354 e. The standard InChI is InChI=1S/C8H13N5S/c1-6-7(4-5-10-12-9)14-8(11-6)13(2)3/h4-5H2,1-3H3. The molecule has 0 atom stereocenters. The molecule has 0 aliphatic rings. The predicted octanol–water partition coefficient (Wildman–Crippen LogP) is 2.37. The van der Waals surface area contributed by atoms with Crippen LogP contribution in [0.15, 0.2) is 5.11 Å². The van der Waals surface area contributed by atoms with Crippen LogP contribution in [0.2, 0.25) is 0 Å². The lowest BCUT2D eigenvalue weighted by atomic mass is 10.3. The highest BCUT2D eigenvalue weighted by Gasteiger charge is 2.07. The van der Waals surface area contributed by atoms with Gasteiger partial charge in [-0.15, -0.1) is 11.3 Å². The first-order chi connectivity index (χ1) is 6.65. The van der Waals surface area contributed by atoms with Crippen LogP contribution in [0.5, 0.6) is 0 Å². The molecule has 5 nitrogen and oxygen atoms in total. The van der Waals surface area contributed by atoms with Gasteiger partial charge >= 0.3 is 0 Å². The Kier molecular flexibility index (Phi) is 3.73. The lowest BCUT2D eigenvalue weighted by Gasteiger charge is -2.05. The average Bonchev–Trinajstić information content (AvgIpc) is 2.49. The number of nitrogens with zero attached hydrogens (tertiary/aromatic N) is 5. The van der Waals surface area contributed by atoms with Crippen LogP contribution in [0.25, 0.3) is 10.4 Å². The van der Waals surface area contributed by atoms with Crippen LogP contribution in [-0.2, 0) is 6.42 Å². The van der Waals surface area contributed by atoms with Crippen LogP contribution in [0, 0.1) is 6.92 Å². The fraction of sp³-hybridized carbons (Fsp3) is 0.625. The number of hydrogen-bond acceptors (Lipinski definition) is 4. The van der Waals surface area contributed by atoms with E-state index in [0.29, 0.717) is 6.54 Å². The summed E-state index contributed by atoms with van der Waals surface area (Å²) in [6.07, 6.45) is 0.779. The molecule has 6 heteroatoms. The Hall–Kier alpha value is -1.26. The van der Waals surface area contributed by atoms with Crippen LogP contribution >= 0.6 is 11.3 Å². The highest BCUT2D eigenvalue weighted by atomic mass is 32.1. The summed E-state index contributed by atoms with van der Waals surface area (Å²) in [5.74, 6) is 0. The van der Waals surface area contributed by atoms with Gasteiger partial charge in [0.05, 0.1) is 5.69 Å². The van der Waals surface area contributed by atoms with Crippen LogP contribution in [0.3, 0.4) is 0 Å². The summed E-state index contributed by atoms with van der Waals surface area (Å²) in [5, 5.41) is 4.51. The molecule has 76 valence electrons. The first-order valence-electron chi connectivity index (χ1n) is 4.29. The smallest absolute Gasteiger partial charge is 0.185 e. The number of azide groups is 1. The summed E-state index contributed by atoms with van der Waals surface area (Å²) in [6.45, 7) is 2.49. The molecule has 0 bridgehead atoms. The molecule has 0 spiro atoms. The Labute approximate surface area is 87.0 Å². The van der Waals surface area contributed by atoms with E-state index in [1.807, 2.05) is 25.9 Å². The van der Waals surface area contributed by atoms with Crippen LogP contribution in [0.1, 0.15) is 10.6 Å². The first kappa shape index (κ1) is 10.8. The molecule has 0 N–H and O–H groups in total. The highest BCUT2D eigenvalue weighted by molar-refractivity contribution is 7.15. The summed E-state index contributed by atoms with van der Waals surface area (Å²) < 4.78 is 0. The molecule has 0 aliphatic carbocycles. The van der Waals surface area contributed by atoms with Crippen molar-refractivity contribution in [3.8, 4) is 0 Å². The number of anilines is 1. The van der Waals surface area contributed by atoms with Crippen molar-refractivity contribution in [2.24, 2.45) is 5.11 Å². The number of hydrogen-bond donors (Lipinski definition) is 0. The minimum absolute atomic E-state index is 0.506. The van der Waals surface area contributed by atoms with Gasteiger partial charge in [-0.2, -0.15) is 0 Å². The molecule has 14 heavy (non-hydrogen) atoms. The van der Waals surface area contributed by atoms with Crippen molar-refractivity contribution >= 4 is 16.5 Å². The van der Waals surface area contributed by atoms with Gasteiger partial charge in [0.25, 0.3) is 0 Å². The van der Waals surface area contributed by atoms with Crippen molar-refractivity contribution in [3.63, 3.8) is 0 Å². The van der Waals surface area contributed by atoms with E-state index in [4.69, 9.17) is 5.53 Å². The third kappa shape index (κ3) is 2.61. The molecular weight excluding hydrogens is 198 g/mol. The number of rotatable bonds is 4. The molecule has 0 aromatic carbocycles. The van der Waals surface area contributed by atoms with Crippen LogP contribution in [-0.4, -0.2) is 25.6 Å². The lowest BCUT2D eigenvalue weighted by molar-refractivity contribution is 0.956. The summed E-state index contributed by atoms with van der Waals surface area (Å²) >= 11 is 1.65. The number of aryl methyl sites for hydroxylation is 1. The lowest BCUT2D eigenvalue weighted by Crippen LogP contribution is -2.07. The SMILES string of the molecule is Cc1nc(N(C)C)sc1CCN=[N+]=[N-]. The third-order valence-electron chi connectivity index (χ3n) is 1.77. The van der Waals surface area contributed by atoms with Gasteiger partial charge in [-0.1, -0.05) is 5.11 Å². The quantitative estimate of drug-likeness (QED) is 0.436. The highest BCUT2D eigenvalue weighted by Crippen LogP contribution is 2.24. The second kappa shape index (κ2) is 4.83. The van der Waals surface area contributed by atoms with Gasteiger partial charge in [0.1, 0.15) is 0 Å². The number of thiazole rings is 1. The third-order valence-corrected chi connectivity index (χ3v) is 3.15. The molecule has 1 rings (SSSR count). The van der Waals surface area contributed by atoms with E-state index in [1.165, 1.54) is 4.88 Å². The van der Waals surface area contributed by atoms with E-state index in [-0.39, 0.29) is 0 Å². The van der Waals surface area contributed by atoms with E-state index in [9.17, 15) is 0 Å². The number of aromatic nitrogens is 1. The first-order valence-corrected chi connectivity index (χ1v) is 5.11. The van der Waals surface area contributed by atoms with Gasteiger partial charge in [0.2, 0.25) is 0 Å². The van der Waals surface area contributed by atoms with Crippen LogP contribution < -0.4 is 4.90 Å². The summed E-state index contributed by atoms with van der Waals surface area (Å²) in [5.41, 5.74) is 9.18. The van der Waals surface area contributed by atoms with Crippen molar-refractivity contribution in [1.29, 1.82) is 0 Å². The van der Waals surface area contributed by atoms with E-state index in [0.717, 1.165) is 17.2 Å². The molecule has 0 aliphatic heterocycles. The molecule has 1 heterocycles. The Bertz CT molecular complexity index is 351. The average molecular weight is 211 g/mol. The van der Waals surface area contributed by atoms with Crippen molar-refractivity contribution < 1.29 is 0 Å².